The Kier molecular flexibility index (Phi) is 7.43. The van der Waals surface area contributed by atoms with Gasteiger partial charge in [0.1, 0.15) is 0 Å². The molecule has 0 unspecified atom stereocenters. The van der Waals surface area contributed by atoms with Crippen molar-refractivity contribution in [2.75, 3.05) is 18.4 Å². The van der Waals surface area contributed by atoms with Gasteiger partial charge in [0.25, 0.3) is 5.91 Å². The van der Waals surface area contributed by atoms with Gasteiger partial charge >= 0.3 is 6.18 Å². The number of alkyl halides is 3. The van der Waals surface area contributed by atoms with Crippen LogP contribution in [0.25, 0.3) is 5.69 Å². The SMILES string of the molecule is CCN(CC)[C@H]1CCCC[C@@H]1Nc1cc(-n2nc(C(F)(F)F)c3c2CC(C)(C)CC3=O)ccc1C(N)=O. The Morgan fingerprint density at radius 3 is 2.49 bits per heavy atom. The summed E-state index contributed by atoms with van der Waals surface area (Å²) in [5.74, 6) is -1.18. The lowest BCUT2D eigenvalue weighted by molar-refractivity contribution is -0.141. The number of carbonyl (C=O) groups excluding carboxylic acids is 2. The number of hydrogen-bond donors (Lipinski definition) is 2. The predicted octanol–water partition coefficient (Wildman–Crippen LogP) is 5.21. The minimum atomic E-state index is -4.76. The van der Waals surface area contributed by atoms with Gasteiger partial charge in [0.05, 0.1) is 22.5 Å². The van der Waals surface area contributed by atoms with E-state index in [4.69, 9.17) is 5.73 Å². The van der Waals surface area contributed by atoms with E-state index in [0.29, 0.717) is 11.4 Å². The maximum absolute atomic E-state index is 13.9. The van der Waals surface area contributed by atoms with Crippen molar-refractivity contribution < 1.29 is 22.8 Å². The molecule has 3 N–H and O–H groups in total. The lowest BCUT2D eigenvalue weighted by atomic mass is 9.75. The number of likely N-dealkylation sites (N-methyl/N-ethyl adjacent to an activating group) is 1. The lowest BCUT2D eigenvalue weighted by Crippen LogP contribution is -2.48. The van der Waals surface area contributed by atoms with Gasteiger partial charge in [-0.25, -0.2) is 4.68 Å². The molecule has 0 bridgehead atoms. The molecule has 10 heteroatoms. The number of benzene rings is 1. The first-order chi connectivity index (χ1) is 17.4. The summed E-state index contributed by atoms with van der Waals surface area (Å²) < 4.78 is 42.9. The van der Waals surface area contributed by atoms with Gasteiger partial charge in [-0.05, 0) is 56.0 Å². The highest BCUT2D eigenvalue weighted by atomic mass is 19.4. The van der Waals surface area contributed by atoms with Crippen LogP contribution in [0.2, 0.25) is 0 Å². The van der Waals surface area contributed by atoms with Crippen molar-refractivity contribution in [1.82, 2.24) is 14.7 Å². The van der Waals surface area contributed by atoms with Crippen LogP contribution in [-0.2, 0) is 12.6 Å². The number of rotatable bonds is 7. The molecular weight excluding hydrogens is 483 g/mol. The van der Waals surface area contributed by atoms with Crippen molar-refractivity contribution in [3.05, 3.63) is 40.7 Å². The van der Waals surface area contributed by atoms with Crippen molar-refractivity contribution in [2.45, 2.75) is 84.5 Å². The number of nitrogens with two attached hydrogens (primary N) is 1. The number of anilines is 1. The van der Waals surface area contributed by atoms with E-state index in [9.17, 15) is 22.8 Å². The Balaban J connectivity index is 1.81. The zero-order valence-electron chi connectivity index (χ0n) is 21.9. The number of carbonyl (C=O) groups is 2. The minimum Gasteiger partial charge on any atom is -0.380 e. The lowest BCUT2D eigenvalue weighted by Gasteiger charge is -2.40. The number of ketones is 1. The van der Waals surface area contributed by atoms with Crippen LogP contribution < -0.4 is 11.1 Å². The highest BCUT2D eigenvalue weighted by molar-refractivity contribution is 6.00. The molecule has 2 aromatic rings. The number of hydrogen-bond acceptors (Lipinski definition) is 5. The number of amides is 1. The standard InChI is InChI=1S/C27H36F3N5O2/c1-5-34(6-2)20-10-8-7-9-18(20)32-19-13-16(11-12-17(19)25(31)37)35-21-14-26(3,4)15-22(36)23(21)24(33-35)27(28,29)30/h11-13,18,20,32H,5-10,14-15H2,1-4H3,(H2,31,37)/t18-,20-/m0/s1. The summed E-state index contributed by atoms with van der Waals surface area (Å²) in [6.45, 7) is 9.74. The summed E-state index contributed by atoms with van der Waals surface area (Å²) in [5.41, 5.74) is 4.98. The van der Waals surface area contributed by atoms with Crippen LogP contribution in [-0.4, -0.2) is 51.5 Å². The van der Waals surface area contributed by atoms with E-state index in [2.05, 4.69) is 29.2 Å². The van der Waals surface area contributed by atoms with Gasteiger partial charge in [-0.1, -0.05) is 40.5 Å². The van der Waals surface area contributed by atoms with Crippen LogP contribution >= 0.6 is 0 Å². The van der Waals surface area contributed by atoms with Crippen LogP contribution in [0.3, 0.4) is 0 Å². The van der Waals surface area contributed by atoms with Gasteiger partial charge in [-0.15, -0.1) is 0 Å². The monoisotopic (exact) mass is 519 g/mol. The minimum absolute atomic E-state index is 0.0244. The van der Waals surface area contributed by atoms with Gasteiger partial charge in [-0.3, -0.25) is 14.5 Å². The topological polar surface area (TPSA) is 93.2 Å². The van der Waals surface area contributed by atoms with Gasteiger partial charge < -0.3 is 11.1 Å². The fraction of sp³-hybridized carbons (Fsp3) is 0.593. The molecule has 4 rings (SSSR count). The highest BCUT2D eigenvalue weighted by Crippen LogP contribution is 2.42. The molecule has 1 heterocycles. The van der Waals surface area contributed by atoms with Crippen LogP contribution in [0, 0.1) is 5.41 Å². The summed E-state index contributed by atoms with van der Waals surface area (Å²) >= 11 is 0. The molecule has 1 amide bonds. The zero-order chi connectivity index (χ0) is 27.1. The number of nitrogens with zero attached hydrogens (tertiary/aromatic N) is 3. The molecule has 0 radical (unpaired) electrons. The Hall–Kier alpha value is -2.88. The molecule has 1 fully saturated rings. The second kappa shape index (κ2) is 10.1. The molecule has 0 saturated heterocycles. The molecule has 2 aliphatic carbocycles. The Morgan fingerprint density at radius 2 is 1.86 bits per heavy atom. The Labute approximate surface area is 215 Å². The molecule has 2 atom stereocenters. The number of halogens is 3. The van der Waals surface area contributed by atoms with E-state index < -0.39 is 29.0 Å². The first kappa shape index (κ1) is 27.2. The van der Waals surface area contributed by atoms with Crippen molar-refractivity contribution in [3.8, 4) is 5.69 Å². The fourth-order valence-corrected chi connectivity index (χ4v) is 5.97. The van der Waals surface area contributed by atoms with Gasteiger partial charge in [0, 0.05) is 24.2 Å². The summed E-state index contributed by atoms with van der Waals surface area (Å²) in [5, 5.41) is 7.41. The second-order valence-electron chi connectivity index (χ2n) is 10.9. The molecule has 1 aromatic carbocycles. The number of aromatic nitrogens is 2. The number of fused-ring (bicyclic) bond motifs is 1. The Bertz CT molecular complexity index is 1180. The quantitative estimate of drug-likeness (QED) is 0.524. The van der Waals surface area contributed by atoms with E-state index >= 15 is 0 Å². The summed E-state index contributed by atoms with van der Waals surface area (Å²) in [7, 11) is 0. The zero-order valence-corrected chi connectivity index (χ0v) is 21.9. The summed E-state index contributed by atoms with van der Waals surface area (Å²) in [6, 6.07) is 5.01. The maximum atomic E-state index is 13.9. The van der Waals surface area contributed by atoms with Crippen LogP contribution in [0.15, 0.2) is 18.2 Å². The van der Waals surface area contributed by atoms with Crippen molar-refractivity contribution in [2.24, 2.45) is 11.1 Å². The molecule has 2 aliphatic rings. The summed E-state index contributed by atoms with van der Waals surface area (Å²) in [6.07, 6.45) is -0.392. The largest absolute Gasteiger partial charge is 0.435 e. The molecule has 1 saturated carbocycles. The van der Waals surface area contributed by atoms with Gasteiger partial charge in [0.15, 0.2) is 11.5 Å². The molecule has 0 spiro atoms. The molecule has 1 aromatic heterocycles. The third-order valence-electron chi connectivity index (χ3n) is 7.68. The first-order valence-corrected chi connectivity index (χ1v) is 13.0. The highest BCUT2D eigenvalue weighted by Gasteiger charge is 2.45. The maximum Gasteiger partial charge on any atom is 0.435 e. The number of nitrogens with one attached hydrogen (secondary N) is 1. The van der Waals surface area contributed by atoms with Crippen LogP contribution in [0.1, 0.15) is 91.9 Å². The van der Waals surface area contributed by atoms with E-state index in [1.807, 2.05) is 13.8 Å². The van der Waals surface area contributed by atoms with Crippen molar-refractivity contribution in [1.29, 1.82) is 0 Å². The summed E-state index contributed by atoms with van der Waals surface area (Å²) in [4.78, 5) is 27.5. The van der Waals surface area contributed by atoms with Crippen molar-refractivity contribution in [3.63, 3.8) is 0 Å². The third-order valence-corrected chi connectivity index (χ3v) is 7.68. The van der Waals surface area contributed by atoms with E-state index in [-0.39, 0.29) is 41.7 Å². The average Bonchev–Trinajstić information content (AvgIpc) is 3.20. The van der Waals surface area contributed by atoms with Gasteiger partial charge in [-0.2, -0.15) is 18.3 Å². The average molecular weight is 520 g/mol. The number of primary amides is 1. The number of Topliss-reactive ketones (excluding diaryl/α,β-unsaturated/α-hetero) is 1. The normalized spacial score (nSPS) is 21.7. The Morgan fingerprint density at radius 1 is 1.19 bits per heavy atom. The molecule has 0 aliphatic heterocycles. The second-order valence-corrected chi connectivity index (χ2v) is 10.9. The van der Waals surface area contributed by atoms with Crippen LogP contribution in [0.4, 0.5) is 18.9 Å². The van der Waals surface area contributed by atoms with Crippen LogP contribution in [0.5, 0.6) is 0 Å². The first-order valence-electron chi connectivity index (χ1n) is 13.0. The smallest absolute Gasteiger partial charge is 0.380 e. The molecule has 202 valence electrons. The van der Waals surface area contributed by atoms with E-state index in [1.54, 1.807) is 6.07 Å². The van der Waals surface area contributed by atoms with E-state index in [1.165, 1.54) is 16.8 Å². The predicted molar refractivity (Wildman–Crippen MR) is 136 cm³/mol. The molecule has 37 heavy (non-hydrogen) atoms. The van der Waals surface area contributed by atoms with E-state index in [0.717, 1.165) is 38.8 Å². The van der Waals surface area contributed by atoms with Crippen molar-refractivity contribution >= 4 is 17.4 Å². The fourth-order valence-electron chi connectivity index (χ4n) is 5.97. The molecule has 7 nitrogen and oxygen atoms in total. The molecular formula is C27H36F3N5O2. The van der Waals surface area contributed by atoms with Gasteiger partial charge in [0.2, 0.25) is 0 Å². The third kappa shape index (κ3) is 5.39.